The molecule has 1 aromatic carbocycles. The quantitative estimate of drug-likeness (QED) is 0.946. The second kappa shape index (κ2) is 6.36. The number of hydrogen-bond acceptors (Lipinski definition) is 3. The number of rotatable bonds is 3. The zero-order valence-electron chi connectivity index (χ0n) is 13.5. The van der Waals surface area contributed by atoms with Gasteiger partial charge in [0.25, 0.3) is 5.56 Å². The van der Waals surface area contributed by atoms with E-state index >= 15 is 0 Å². The Balaban J connectivity index is 1.80. The maximum Gasteiger partial charge on any atom is 0.251 e. The summed E-state index contributed by atoms with van der Waals surface area (Å²) in [6.45, 7) is 4.54. The summed E-state index contributed by atoms with van der Waals surface area (Å²) in [6, 6.07) is 9.35. The summed E-state index contributed by atoms with van der Waals surface area (Å²) in [6.07, 6.45) is 2.15. The van der Waals surface area contributed by atoms with Crippen LogP contribution in [-0.2, 0) is 11.2 Å². The lowest BCUT2D eigenvalue weighted by molar-refractivity contribution is -0.131. The topological polar surface area (TPSA) is 66.1 Å². The van der Waals surface area contributed by atoms with Crippen LogP contribution in [-0.4, -0.2) is 27.3 Å². The van der Waals surface area contributed by atoms with Crippen molar-refractivity contribution >= 4 is 5.91 Å². The summed E-state index contributed by atoms with van der Waals surface area (Å²) in [5, 5.41) is 0. The first-order valence-electron chi connectivity index (χ1n) is 7.96. The highest BCUT2D eigenvalue weighted by Crippen LogP contribution is 2.30. The van der Waals surface area contributed by atoms with Crippen LogP contribution in [0.3, 0.4) is 0 Å². The van der Waals surface area contributed by atoms with Gasteiger partial charge in [0, 0.05) is 18.3 Å². The van der Waals surface area contributed by atoms with Crippen LogP contribution in [0.5, 0.6) is 0 Å². The van der Waals surface area contributed by atoms with Crippen molar-refractivity contribution in [2.24, 2.45) is 0 Å². The van der Waals surface area contributed by atoms with Crippen LogP contribution in [0.4, 0.5) is 0 Å². The molecular weight excluding hydrogens is 290 g/mol. The van der Waals surface area contributed by atoms with Crippen LogP contribution >= 0.6 is 0 Å². The van der Waals surface area contributed by atoms with Gasteiger partial charge in [0.15, 0.2) is 0 Å². The van der Waals surface area contributed by atoms with E-state index in [1.54, 1.807) is 6.92 Å². The lowest BCUT2D eigenvalue weighted by Crippen LogP contribution is -2.33. The smallest absolute Gasteiger partial charge is 0.251 e. The van der Waals surface area contributed by atoms with Crippen molar-refractivity contribution in [3.8, 4) is 0 Å². The number of aryl methyl sites for hydroxylation is 2. The Morgan fingerprint density at radius 1 is 1.35 bits per heavy atom. The molecule has 0 spiro atoms. The maximum absolute atomic E-state index is 12.7. The summed E-state index contributed by atoms with van der Waals surface area (Å²) < 4.78 is 0. The van der Waals surface area contributed by atoms with Crippen LogP contribution in [0.25, 0.3) is 0 Å². The van der Waals surface area contributed by atoms with Crippen molar-refractivity contribution in [2.45, 2.75) is 39.2 Å². The fourth-order valence-electron chi connectivity index (χ4n) is 3.21. The number of carbonyl (C=O) groups excluding carboxylic acids is 1. The van der Waals surface area contributed by atoms with Gasteiger partial charge in [-0.1, -0.05) is 29.8 Å². The molecule has 1 aromatic heterocycles. The van der Waals surface area contributed by atoms with Crippen molar-refractivity contribution in [3.63, 3.8) is 0 Å². The zero-order chi connectivity index (χ0) is 16.4. The van der Waals surface area contributed by atoms with Gasteiger partial charge >= 0.3 is 0 Å². The Bertz CT molecular complexity index is 782. The van der Waals surface area contributed by atoms with Crippen molar-refractivity contribution in [2.75, 3.05) is 6.54 Å². The van der Waals surface area contributed by atoms with E-state index in [1.165, 1.54) is 6.07 Å². The highest BCUT2D eigenvalue weighted by molar-refractivity contribution is 5.79. The summed E-state index contributed by atoms with van der Waals surface area (Å²) >= 11 is 0. The summed E-state index contributed by atoms with van der Waals surface area (Å²) in [7, 11) is 0. The number of nitrogens with zero attached hydrogens (tertiary/aromatic N) is 2. The molecule has 0 unspecified atom stereocenters. The van der Waals surface area contributed by atoms with Crippen LogP contribution in [0, 0.1) is 13.8 Å². The first-order valence-corrected chi connectivity index (χ1v) is 7.96. The minimum atomic E-state index is -0.162. The van der Waals surface area contributed by atoms with Gasteiger partial charge in [0.2, 0.25) is 5.91 Å². The van der Waals surface area contributed by atoms with Crippen LogP contribution in [0.2, 0.25) is 0 Å². The van der Waals surface area contributed by atoms with Gasteiger partial charge in [0.05, 0.1) is 12.5 Å². The van der Waals surface area contributed by atoms with Gasteiger partial charge in [-0.2, -0.15) is 0 Å². The Kier molecular flexibility index (Phi) is 4.28. The molecule has 1 N–H and O–H groups in total. The normalized spacial score (nSPS) is 17.5. The second-order valence-electron chi connectivity index (χ2n) is 6.18. The van der Waals surface area contributed by atoms with Crippen LogP contribution in [0.1, 0.15) is 41.5 Å². The molecule has 3 rings (SSSR count). The highest BCUT2D eigenvalue weighted by Gasteiger charge is 2.31. The SMILES string of the molecule is Cc1cccc(CC(=O)N2CCC[C@H]2c2nc(C)cc(=O)[nH]2)c1. The average Bonchev–Trinajstić information content (AvgIpc) is 2.95. The Labute approximate surface area is 135 Å². The van der Waals surface area contributed by atoms with Crippen molar-refractivity contribution in [3.05, 3.63) is 63.3 Å². The molecule has 120 valence electrons. The van der Waals surface area contributed by atoms with Crippen molar-refractivity contribution in [1.29, 1.82) is 0 Å². The molecule has 1 amide bonds. The molecule has 0 radical (unpaired) electrons. The minimum Gasteiger partial charge on any atom is -0.332 e. The largest absolute Gasteiger partial charge is 0.332 e. The fraction of sp³-hybridized carbons (Fsp3) is 0.389. The van der Waals surface area contributed by atoms with E-state index in [9.17, 15) is 9.59 Å². The number of aromatic amines is 1. The van der Waals surface area contributed by atoms with E-state index in [2.05, 4.69) is 9.97 Å². The predicted molar refractivity (Wildman–Crippen MR) is 88.2 cm³/mol. The van der Waals surface area contributed by atoms with Gasteiger partial charge in [-0.3, -0.25) is 9.59 Å². The lowest BCUT2D eigenvalue weighted by Gasteiger charge is -2.24. The van der Waals surface area contributed by atoms with E-state index in [0.717, 1.165) is 24.0 Å². The minimum absolute atomic E-state index is 0.0854. The van der Waals surface area contributed by atoms with Gasteiger partial charge in [-0.25, -0.2) is 4.98 Å². The first kappa shape index (κ1) is 15.5. The molecule has 1 saturated heterocycles. The molecule has 0 saturated carbocycles. The molecule has 23 heavy (non-hydrogen) atoms. The standard InChI is InChI=1S/C18H21N3O2/c1-12-5-3-6-14(9-12)11-17(23)21-8-4-7-15(21)18-19-13(2)10-16(22)20-18/h3,5-6,9-10,15H,4,7-8,11H2,1-2H3,(H,19,20,22)/t15-/m0/s1. The molecule has 0 bridgehead atoms. The number of aromatic nitrogens is 2. The van der Waals surface area contributed by atoms with E-state index < -0.39 is 0 Å². The monoisotopic (exact) mass is 311 g/mol. The molecule has 5 nitrogen and oxygen atoms in total. The number of amides is 1. The number of hydrogen-bond donors (Lipinski definition) is 1. The summed E-state index contributed by atoms with van der Waals surface area (Å²) in [5.41, 5.74) is 2.69. The van der Waals surface area contributed by atoms with E-state index in [4.69, 9.17) is 0 Å². The lowest BCUT2D eigenvalue weighted by atomic mass is 10.1. The third-order valence-corrected chi connectivity index (χ3v) is 4.21. The average molecular weight is 311 g/mol. The molecular formula is C18H21N3O2. The fourth-order valence-corrected chi connectivity index (χ4v) is 3.21. The molecule has 1 aliphatic heterocycles. The number of likely N-dealkylation sites (tertiary alicyclic amines) is 1. The zero-order valence-corrected chi connectivity index (χ0v) is 13.5. The third-order valence-electron chi connectivity index (χ3n) is 4.21. The molecule has 1 aliphatic rings. The van der Waals surface area contributed by atoms with Crippen molar-refractivity contribution in [1.82, 2.24) is 14.9 Å². The molecule has 1 atom stereocenters. The summed E-state index contributed by atoms with van der Waals surface area (Å²) in [5.74, 6) is 0.687. The van der Waals surface area contributed by atoms with Crippen molar-refractivity contribution < 1.29 is 4.79 Å². The Morgan fingerprint density at radius 2 is 2.17 bits per heavy atom. The first-order chi connectivity index (χ1) is 11.0. The van der Waals surface area contributed by atoms with Crippen LogP contribution < -0.4 is 5.56 Å². The molecule has 1 fully saturated rings. The summed E-state index contributed by atoms with van der Waals surface area (Å²) in [4.78, 5) is 33.4. The van der Waals surface area contributed by atoms with Crippen LogP contribution in [0.15, 0.2) is 35.1 Å². The highest BCUT2D eigenvalue weighted by atomic mass is 16.2. The maximum atomic E-state index is 12.7. The predicted octanol–water partition coefficient (Wildman–Crippen LogP) is 2.29. The number of H-pyrrole nitrogens is 1. The van der Waals surface area contributed by atoms with E-state index in [-0.39, 0.29) is 17.5 Å². The van der Waals surface area contributed by atoms with Gasteiger partial charge in [-0.05, 0) is 32.3 Å². The van der Waals surface area contributed by atoms with E-state index in [1.807, 2.05) is 36.1 Å². The molecule has 2 aromatic rings. The number of carbonyl (C=O) groups is 1. The van der Waals surface area contributed by atoms with Gasteiger partial charge in [-0.15, -0.1) is 0 Å². The van der Waals surface area contributed by atoms with E-state index in [0.29, 0.717) is 24.5 Å². The molecule has 5 heteroatoms. The van der Waals surface area contributed by atoms with Gasteiger partial charge in [0.1, 0.15) is 5.82 Å². The molecule has 0 aliphatic carbocycles. The Morgan fingerprint density at radius 3 is 2.91 bits per heavy atom. The molecule has 2 heterocycles. The second-order valence-corrected chi connectivity index (χ2v) is 6.18. The Hall–Kier alpha value is -2.43. The number of benzene rings is 1. The number of nitrogens with one attached hydrogen (secondary N) is 1. The van der Waals surface area contributed by atoms with Gasteiger partial charge < -0.3 is 9.88 Å². The third kappa shape index (κ3) is 3.50.